The average Bonchev–Trinajstić information content (AvgIpc) is 3.25. The number of rotatable bonds is 5. The van der Waals surface area contributed by atoms with E-state index in [-0.39, 0.29) is 0 Å². The van der Waals surface area contributed by atoms with Crippen LogP contribution in [0.4, 0.5) is 8.78 Å². The lowest BCUT2D eigenvalue weighted by Crippen LogP contribution is -2.30. The van der Waals surface area contributed by atoms with Gasteiger partial charge in [-0.15, -0.1) is 0 Å². The Morgan fingerprint density at radius 1 is 1.23 bits per heavy atom. The highest BCUT2D eigenvalue weighted by Crippen LogP contribution is 2.31. The number of aryl methyl sites for hydroxylation is 1. The number of nitrogens with zero attached hydrogens (tertiary/aromatic N) is 4. The average molecular weight is 358 g/mol. The minimum absolute atomic E-state index is 0.531. The Labute approximate surface area is 150 Å². The topological polar surface area (TPSA) is 47.1 Å². The second kappa shape index (κ2) is 6.99. The van der Waals surface area contributed by atoms with E-state index in [1.807, 2.05) is 12.4 Å². The Kier molecular flexibility index (Phi) is 4.55. The Hall–Kier alpha value is -2.54. The van der Waals surface area contributed by atoms with Crippen LogP contribution in [0, 0.1) is 11.6 Å². The minimum atomic E-state index is -0.881. The van der Waals surface area contributed by atoms with Gasteiger partial charge in [0.15, 0.2) is 11.6 Å². The van der Waals surface area contributed by atoms with Gasteiger partial charge in [-0.25, -0.2) is 13.8 Å². The Morgan fingerprint density at radius 3 is 2.92 bits per heavy atom. The second-order valence-electron chi connectivity index (χ2n) is 6.56. The summed E-state index contributed by atoms with van der Waals surface area (Å²) in [5.74, 6) is 0.100. The van der Waals surface area contributed by atoms with E-state index in [2.05, 4.69) is 26.5 Å². The minimum Gasteiger partial charge on any atom is -0.360 e. The van der Waals surface area contributed by atoms with Gasteiger partial charge in [0.2, 0.25) is 0 Å². The zero-order valence-corrected chi connectivity index (χ0v) is 14.6. The summed E-state index contributed by atoms with van der Waals surface area (Å²) in [6.07, 6.45) is 5.62. The van der Waals surface area contributed by atoms with Crippen molar-refractivity contribution >= 4 is 0 Å². The zero-order valence-electron chi connectivity index (χ0n) is 14.6. The standard InChI is InChI=1S/C19H20F2N4O/c1-2-7-25-9-6-22-18(25)12-24-8-5-17-14(11-24)19(23-26-17)13-3-4-15(20)16(21)10-13/h3-4,6,9-10H,2,5,7-8,11-12H2,1H3. The molecular weight excluding hydrogens is 338 g/mol. The van der Waals surface area contributed by atoms with Crippen LogP contribution in [0.15, 0.2) is 35.1 Å². The molecule has 1 aliphatic heterocycles. The van der Waals surface area contributed by atoms with Crippen LogP contribution in [0.2, 0.25) is 0 Å². The van der Waals surface area contributed by atoms with Gasteiger partial charge < -0.3 is 9.09 Å². The molecular formula is C19H20F2N4O. The molecule has 2 aromatic heterocycles. The monoisotopic (exact) mass is 358 g/mol. The second-order valence-corrected chi connectivity index (χ2v) is 6.56. The first-order valence-electron chi connectivity index (χ1n) is 8.81. The number of fused-ring (bicyclic) bond motifs is 1. The third-order valence-corrected chi connectivity index (χ3v) is 4.73. The number of hydrogen-bond donors (Lipinski definition) is 0. The molecule has 0 unspecified atom stereocenters. The van der Waals surface area contributed by atoms with Crippen LogP contribution in [-0.4, -0.2) is 26.2 Å². The fourth-order valence-electron chi connectivity index (χ4n) is 3.41. The molecule has 0 bridgehead atoms. The van der Waals surface area contributed by atoms with Crippen LogP contribution in [-0.2, 0) is 26.1 Å². The lowest BCUT2D eigenvalue weighted by atomic mass is 10.0. The summed E-state index contributed by atoms with van der Waals surface area (Å²) in [7, 11) is 0. The van der Waals surface area contributed by atoms with Crippen molar-refractivity contribution in [3.05, 3.63) is 59.4 Å². The van der Waals surface area contributed by atoms with Crippen molar-refractivity contribution in [2.75, 3.05) is 6.54 Å². The molecule has 4 rings (SSSR count). The Bertz CT molecular complexity index is 918. The number of benzene rings is 1. The summed E-state index contributed by atoms with van der Waals surface area (Å²) < 4.78 is 34.4. The number of hydrogen-bond acceptors (Lipinski definition) is 4. The van der Waals surface area contributed by atoms with Crippen molar-refractivity contribution in [1.82, 2.24) is 19.6 Å². The van der Waals surface area contributed by atoms with E-state index in [9.17, 15) is 8.78 Å². The van der Waals surface area contributed by atoms with Gasteiger partial charge in [0.05, 0.1) is 6.54 Å². The quantitative estimate of drug-likeness (QED) is 0.696. The van der Waals surface area contributed by atoms with Crippen molar-refractivity contribution in [2.45, 2.75) is 39.4 Å². The van der Waals surface area contributed by atoms with Crippen LogP contribution in [0.3, 0.4) is 0 Å². The molecule has 3 aromatic rings. The van der Waals surface area contributed by atoms with Crippen molar-refractivity contribution in [3.8, 4) is 11.3 Å². The van der Waals surface area contributed by atoms with Gasteiger partial charge in [-0.05, 0) is 24.6 Å². The largest absolute Gasteiger partial charge is 0.360 e. The smallest absolute Gasteiger partial charge is 0.159 e. The maximum Gasteiger partial charge on any atom is 0.159 e. The molecule has 1 aromatic carbocycles. The van der Waals surface area contributed by atoms with Gasteiger partial charge in [0.25, 0.3) is 0 Å². The molecule has 5 nitrogen and oxygen atoms in total. The van der Waals surface area contributed by atoms with Gasteiger partial charge in [-0.2, -0.15) is 0 Å². The summed E-state index contributed by atoms with van der Waals surface area (Å²) in [6.45, 7) is 5.31. The van der Waals surface area contributed by atoms with E-state index in [0.717, 1.165) is 55.7 Å². The molecule has 7 heteroatoms. The van der Waals surface area contributed by atoms with E-state index in [1.165, 1.54) is 12.1 Å². The fraction of sp³-hybridized carbons (Fsp3) is 0.368. The summed E-state index contributed by atoms with van der Waals surface area (Å²) in [6, 6.07) is 3.82. The van der Waals surface area contributed by atoms with E-state index < -0.39 is 11.6 Å². The molecule has 0 fully saturated rings. The first-order valence-corrected chi connectivity index (χ1v) is 8.81. The molecule has 1 aliphatic rings. The highest BCUT2D eigenvalue weighted by molar-refractivity contribution is 5.63. The molecule has 3 heterocycles. The van der Waals surface area contributed by atoms with Gasteiger partial charge in [-0.1, -0.05) is 12.1 Å². The van der Waals surface area contributed by atoms with Gasteiger partial charge >= 0.3 is 0 Å². The normalized spacial score (nSPS) is 14.6. The maximum atomic E-state index is 13.6. The lowest BCUT2D eigenvalue weighted by Gasteiger charge is -2.26. The summed E-state index contributed by atoms with van der Waals surface area (Å²) in [5.41, 5.74) is 2.06. The highest BCUT2D eigenvalue weighted by Gasteiger charge is 2.26. The number of halogens is 2. The molecule has 0 atom stereocenters. The van der Waals surface area contributed by atoms with Gasteiger partial charge in [0.1, 0.15) is 17.3 Å². The van der Waals surface area contributed by atoms with Crippen molar-refractivity contribution < 1.29 is 13.3 Å². The molecule has 0 saturated carbocycles. The molecule has 0 amide bonds. The molecule has 136 valence electrons. The summed E-state index contributed by atoms with van der Waals surface area (Å²) in [5, 5.41) is 4.11. The van der Waals surface area contributed by atoms with Crippen LogP contribution < -0.4 is 0 Å². The van der Waals surface area contributed by atoms with E-state index >= 15 is 0 Å². The van der Waals surface area contributed by atoms with Crippen LogP contribution in [0.1, 0.15) is 30.5 Å². The van der Waals surface area contributed by atoms with Crippen molar-refractivity contribution in [2.24, 2.45) is 0 Å². The molecule has 0 radical (unpaired) electrons. The first kappa shape index (κ1) is 16.9. The molecule has 0 aliphatic carbocycles. The third-order valence-electron chi connectivity index (χ3n) is 4.73. The van der Waals surface area contributed by atoms with Crippen LogP contribution in [0.5, 0.6) is 0 Å². The highest BCUT2D eigenvalue weighted by atomic mass is 19.2. The third kappa shape index (κ3) is 3.14. The van der Waals surface area contributed by atoms with E-state index in [0.29, 0.717) is 17.8 Å². The number of aromatic nitrogens is 3. The summed E-state index contributed by atoms with van der Waals surface area (Å²) in [4.78, 5) is 6.74. The SMILES string of the molecule is CCCn1ccnc1CN1CCc2onc(-c3ccc(F)c(F)c3)c2C1. The van der Waals surface area contributed by atoms with Gasteiger partial charge in [-0.3, -0.25) is 4.90 Å². The number of imidazole rings is 1. The first-order chi connectivity index (χ1) is 12.7. The van der Waals surface area contributed by atoms with Crippen molar-refractivity contribution in [1.29, 1.82) is 0 Å². The maximum absolute atomic E-state index is 13.6. The van der Waals surface area contributed by atoms with E-state index in [4.69, 9.17) is 4.52 Å². The zero-order chi connectivity index (χ0) is 18.1. The van der Waals surface area contributed by atoms with E-state index in [1.54, 1.807) is 0 Å². The molecule has 0 spiro atoms. The summed E-state index contributed by atoms with van der Waals surface area (Å²) >= 11 is 0. The predicted octanol–water partition coefficient (Wildman–Crippen LogP) is 3.78. The predicted molar refractivity (Wildman–Crippen MR) is 92.2 cm³/mol. The Morgan fingerprint density at radius 2 is 2.12 bits per heavy atom. The van der Waals surface area contributed by atoms with Crippen LogP contribution >= 0.6 is 0 Å². The fourth-order valence-corrected chi connectivity index (χ4v) is 3.41. The molecule has 0 N–H and O–H groups in total. The lowest BCUT2D eigenvalue weighted by molar-refractivity contribution is 0.220. The van der Waals surface area contributed by atoms with Crippen molar-refractivity contribution in [3.63, 3.8) is 0 Å². The molecule has 0 saturated heterocycles. The van der Waals surface area contributed by atoms with Crippen LogP contribution in [0.25, 0.3) is 11.3 Å². The molecule has 26 heavy (non-hydrogen) atoms. The van der Waals surface area contributed by atoms with Gasteiger partial charge in [0, 0.05) is 49.6 Å². The Balaban J connectivity index is 1.57.